The Labute approximate surface area is 363 Å². The average Bonchev–Trinajstić information content (AvgIpc) is 3.23. The van der Waals surface area contributed by atoms with Crippen molar-refractivity contribution in [2.75, 3.05) is 6.61 Å². The Hall–Kier alpha value is -1.39. The first kappa shape index (κ1) is 56.6. The van der Waals surface area contributed by atoms with Crippen LogP contribution in [-0.2, 0) is 4.79 Å². The molecule has 4 heteroatoms. The van der Waals surface area contributed by atoms with Crippen molar-refractivity contribution in [3.8, 4) is 0 Å². The molecule has 342 valence electrons. The van der Waals surface area contributed by atoms with E-state index in [2.05, 4.69) is 55.6 Å². The molecule has 0 rings (SSSR count). The minimum absolute atomic E-state index is 0.0408. The van der Waals surface area contributed by atoms with Gasteiger partial charge in [0.1, 0.15) is 0 Å². The molecule has 2 unspecified atom stereocenters. The van der Waals surface area contributed by atoms with Gasteiger partial charge < -0.3 is 15.5 Å². The number of allylic oxidation sites excluding steroid dienone is 6. The van der Waals surface area contributed by atoms with Crippen molar-refractivity contribution in [2.45, 2.75) is 296 Å². The second-order valence-electron chi connectivity index (χ2n) is 17.9. The Morgan fingerprint density at radius 1 is 0.414 bits per heavy atom. The van der Waals surface area contributed by atoms with Crippen molar-refractivity contribution in [1.82, 2.24) is 5.32 Å². The molecule has 0 aromatic carbocycles. The fourth-order valence-electron chi connectivity index (χ4n) is 8.13. The van der Waals surface area contributed by atoms with Gasteiger partial charge >= 0.3 is 0 Å². The summed E-state index contributed by atoms with van der Waals surface area (Å²) in [4.78, 5) is 12.5. The van der Waals surface area contributed by atoms with E-state index in [1.807, 2.05) is 0 Å². The van der Waals surface area contributed by atoms with E-state index in [0.717, 1.165) is 51.4 Å². The molecule has 0 aliphatic heterocycles. The molecule has 2 atom stereocenters. The maximum absolute atomic E-state index is 12.5. The van der Waals surface area contributed by atoms with E-state index >= 15 is 0 Å². The van der Waals surface area contributed by atoms with Crippen LogP contribution in [0.1, 0.15) is 284 Å². The lowest BCUT2D eigenvalue weighted by Crippen LogP contribution is -2.45. The molecule has 0 spiro atoms. The molecule has 0 saturated carbocycles. The lowest BCUT2D eigenvalue weighted by atomic mass is 10.0. The summed E-state index contributed by atoms with van der Waals surface area (Å²) >= 11 is 0. The molecule has 58 heavy (non-hydrogen) atoms. The van der Waals surface area contributed by atoms with Gasteiger partial charge in [0.2, 0.25) is 5.91 Å². The van der Waals surface area contributed by atoms with E-state index in [1.54, 1.807) is 0 Å². The van der Waals surface area contributed by atoms with Crippen molar-refractivity contribution in [1.29, 1.82) is 0 Å². The average molecular weight is 814 g/mol. The number of hydrogen-bond donors (Lipinski definition) is 3. The van der Waals surface area contributed by atoms with Gasteiger partial charge in [-0.3, -0.25) is 4.79 Å². The third-order valence-electron chi connectivity index (χ3n) is 12.2. The number of rotatable bonds is 48. The van der Waals surface area contributed by atoms with Gasteiger partial charge in [-0.2, -0.15) is 0 Å². The molecule has 0 heterocycles. The summed E-state index contributed by atoms with van der Waals surface area (Å²) in [5.41, 5.74) is 0. The van der Waals surface area contributed by atoms with E-state index in [4.69, 9.17) is 0 Å². The molecular formula is C54H103NO3. The lowest BCUT2D eigenvalue weighted by Gasteiger charge is -2.22. The van der Waals surface area contributed by atoms with Gasteiger partial charge in [0.05, 0.1) is 18.8 Å². The number of hydrogen-bond acceptors (Lipinski definition) is 3. The number of nitrogens with one attached hydrogen (secondary N) is 1. The molecule has 0 saturated heterocycles. The molecule has 0 aromatic rings. The third kappa shape index (κ3) is 45.7. The predicted octanol–water partition coefficient (Wildman–Crippen LogP) is 16.9. The van der Waals surface area contributed by atoms with Crippen LogP contribution >= 0.6 is 0 Å². The molecule has 0 bridgehead atoms. The summed E-state index contributed by atoms with van der Waals surface area (Å²) in [7, 11) is 0. The normalized spacial score (nSPS) is 13.1. The van der Waals surface area contributed by atoms with Crippen molar-refractivity contribution in [3.63, 3.8) is 0 Å². The number of unbranched alkanes of at least 4 members (excludes halogenated alkanes) is 35. The maximum atomic E-state index is 12.5. The maximum Gasteiger partial charge on any atom is 0.220 e. The zero-order chi connectivity index (χ0) is 42.1. The third-order valence-corrected chi connectivity index (χ3v) is 12.2. The highest BCUT2D eigenvalue weighted by atomic mass is 16.3. The first-order valence-electron chi connectivity index (χ1n) is 26.2. The SMILES string of the molecule is CCCCCCC/C=C\C/C=C\C/C=C\CCCCCCCCC(=O)NC(CO)C(O)CCCCCCCCCCCCCCCCCCCCCCCCCCC. The number of amides is 1. The van der Waals surface area contributed by atoms with Crippen LogP contribution in [0.5, 0.6) is 0 Å². The Kier molecular flexibility index (Phi) is 48.8. The van der Waals surface area contributed by atoms with Crippen LogP contribution in [0.4, 0.5) is 0 Å². The Balaban J connectivity index is 3.49. The largest absolute Gasteiger partial charge is 0.394 e. The molecular weight excluding hydrogens is 711 g/mol. The van der Waals surface area contributed by atoms with Crippen molar-refractivity contribution < 1.29 is 15.0 Å². The summed E-state index contributed by atoms with van der Waals surface area (Å²) < 4.78 is 0. The lowest BCUT2D eigenvalue weighted by molar-refractivity contribution is -0.123. The van der Waals surface area contributed by atoms with Crippen LogP contribution in [0, 0.1) is 0 Å². The minimum atomic E-state index is -0.666. The zero-order valence-electron chi connectivity index (χ0n) is 39.3. The van der Waals surface area contributed by atoms with E-state index in [-0.39, 0.29) is 12.5 Å². The van der Waals surface area contributed by atoms with E-state index in [9.17, 15) is 15.0 Å². The molecule has 0 aromatic heterocycles. The van der Waals surface area contributed by atoms with Gasteiger partial charge in [-0.25, -0.2) is 0 Å². The molecule has 0 aliphatic carbocycles. The van der Waals surface area contributed by atoms with Crippen molar-refractivity contribution in [2.24, 2.45) is 0 Å². The number of carbonyl (C=O) groups is 1. The van der Waals surface area contributed by atoms with E-state index in [0.29, 0.717) is 12.8 Å². The fraction of sp³-hybridized carbons (Fsp3) is 0.870. The summed E-state index contributed by atoms with van der Waals surface area (Å²) in [5, 5.41) is 23.3. The van der Waals surface area contributed by atoms with Gasteiger partial charge in [0.15, 0.2) is 0 Å². The van der Waals surface area contributed by atoms with Gasteiger partial charge in [0, 0.05) is 6.42 Å². The highest BCUT2D eigenvalue weighted by molar-refractivity contribution is 5.76. The monoisotopic (exact) mass is 814 g/mol. The van der Waals surface area contributed by atoms with Crippen molar-refractivity contribution >= 4 is 5.91 Å². The fourth-order valence-corrected chi connectivity index (χ4v) is 8.13. The quantitative estimate of drug-likeness (QED) is 0.0423. The first-order valence-corrected chi connectivity index (χ1v) is 26.2. The molecule has 0 aliphatic rings. The number of carbonyl (C=O) groups excluding carboxylic acids is 1. The van der Waals surface area contributed by atoms with Crippen LogP contribution in [0.25, 0.3) is 0 Å². The van der Waals surface area contributed by atoms with Crippen LogP contribution in [0.3, 0.4) is 0 Å². The molecule has 4 nitrogen and oxygen atoms in total. The summed E-state index contributed by atoms with van der Waals surface area (Å²) in [6.07, 6.45) is 66.8. The van der Waals surface area contributed by atoms with Crippen molar-refractivity contribution in [3.05, 3.63) is 36.5 Å². The summed E-state index contributed by atoms with van der Waals surface area (Å²) in [6, 6.07) is -0.544. The van der Waals surface area contributed by atoms with E-state index < -0.39 is 12.1 Å². The van der Waals surface area contributed by atoms with Crippen LogP contribution < -0.4 is 5.32 Å². The Bertz CT molecular complexity index is 882. The summed E-state index contributed by atoms with van der Waals surface area (Å²) in [6.45, 7) is 4.36. The highest BCUT2D eigenvalue weighted by Crippen LogP contribution is 2.17. The van der Waals surface area contributed by atoms with Crippen LogP contribution in [-0.4, -0.2) is 34.9 Å². The zero-order valence-corrected chi connectivity index (χ0v) is 39.3. The van der Waals surface area contributed by atoms with Crippen LogP contribution in [0.15, 0.2) is 36.5 Å². The second-order valence-corrected chi connectivity index (χ2v) is 17.9. The minimum Gasteiger partial charge on any atom is -0.394 e. The first-order chi connectivity index (χ1) is 28.7. The second kappa shape index (κ2) is 50.0. The molecule has 0 radical (unpaired) electrons. The number of aliphatic hydroxyl groups excluding tert-OH is 2. The number of aliphatic hydroxyl groups is 2. The standard InChI is InChI=1S/C54H103NO3/c1-3-5-7-9-11-13-15-17-19-21-23-25-26-27-28-30-31-33-35-37-39-41-43-45-47-49-53(57)52(51-56)55-54(58)50-48-46-44-42-40-38-36-34-32-29-24-22-20-18-16-14-12-10-8-6-4-2/h16,18,22,24,32,34,52-53,56-57H,3-15,17,19-21,23,25-31,33,35-51H2,1-2H3,(H,55,58)/b18-16-,24-22-,34-32-. The van der Waals surface area contributed by atoms with Gasteiger partial charge in [0.25, 0.3) is 0 Å². The molecule has 3 N–H and O–H groups in total. The Morgan fingerprint density at radius 2 is 0.707 bits per heavy atom. The highest BCUT2D eigenvalue weighted by Gasteiger charge is 2.20. The predicted molar refractivity (Wildman–Crippen MR) is 258 cm³/mol. The topological polar surface area (TPSA) is 69.6 Å². The van der Waals surface area contributed by atoms with Gasteiger partial charge in [-0.05, 0) is 51.4 Å². The summed E-state index contributed by atoms with van der Waals surface area (Å²) in [5.74, 6) is -0.0408. The van der Waals surface area contributed by atoms with Crippen LogP contribution in [0.2, 0.25) is 0 Å². The smallest absolute Gasteiger partial charge is 0.220 e. The van der Waals surface area contributed by atoms with E-state index in [1.165, 1.54) is 205 Å². The Morgan fingerprint density at radius 3 is 1.05 bits per heavy atom. The van der Waals surface area contributed by atoms with Gasteiger partial charge in [-0.1, -0.05) is 262 Å². The van der Waals surface area contributed by atoms with Gasteiger partial charge in [-0.15, -0.1) is 0 Å². The molecule has 1 amide bonds. The molecule has 0 fully saturated rings.